The standard InChI is InChI=1S/C16H16N2O3S/c1-10(13-8-9-14(21-13)15(19)20-3)22-16-17-11-6-4-5-7-12(11)18(16)2/h4-10H,1-3H3. The first kappa shape index (κ1) is 14.7. The van der Waals surface area contributed by atoms with Gasteiger partial charge in [0, 0.05) is 7.05 Å². The zero-order valence-electron chi connectivity index (χ0n) is 12.6. The third-order valence-corrected chi connectivity index (χ3v) is 4.60. The average molecular weight is 316 g/mol. The van der Waals surface area contributed by atoms with E-state index in [2.05, 4.69) is 14.3 Å². The van der Waals surface area contributed by atoms with Crippen LogP contribution in [0.4, 0.5) is 0 Å². The van der Waals surface area contributed by atoms with Crippen LogP contribution in [0.1, 0.15) is 28.5 Å². The minimum atomic E-state index is -0.466. The van der Waals surface area contributed by atoms with E-state index in [9.17, 15) is 4.79 Å². The van der Waals surface area contributed by atoms with Gasteiger partial charge in [-0.25, -0.2) is 9.78 Å². The molecule has 22 heavy (non-hydrogen) atoms. The van der Waals surface area contributed by atoms with E-state index in [0.29, 0.717) is 0 Å². The number of nitrogens with zero attached hydrogens (tertiary/aromatic N) is 2. The Hall–Kier alpha value is -2.21. The molecule has 3 rings (SSSR count). The number of furan rings is 1. The topological polar surface area (TPSA) is 57.3 Å². The number of ether oxygens (including phenoxy) is 1. The lowest BCUT2D eigenvalue weighted by Gasteiger charge is -2.08. The van der Waals surface area contributed by atoms with Crippen LogP contribution < -0.4 is 0 Å². The predicted octanol–water partition coefficient (Wildman–Crippen LogP) is 3.81. The summed E-state index contributed by atoms with van der Waals surface area (Å²) in [7, 11) is 3.33. The molecule has 0 saturated heterocycles. The van der Waals surface area contributed by atoms with Crippen LogP contribution in [0, 0.1) is 0 Å². The van der Waals surface area contributed by atoms with Crippen molar-refractivity contribution in [3.8, 4) is 0 Å². The van der Waals surface area contributed by atoms with E-state index < -0.39 is 5.97 Å². The van der Waals surface area contributed by atoms with E-state index in [4.69, 9.17) is 4.42 Å². The number of benzene rings is 1. The third-order valence-electron chi connectivity index (χ3n) is 3.44. The molecule has 0 fully saturated rings. The van der Waals surface area contributed by atoms with Gasteiger partial charge >= 0.3 is 5.97 Å². The Kier molecular flexibility index (Phi) is 3.94. The molecular weight excluding hydrogens is 300 g/mol. The maximum absolute atomic E-state index is 11.4. The molecular formula is C16H16N2O3S. The van der Waals surface area contributed by atoms with Gasteiger partial charge in [-0.15, -0.1) is 0 Å². The van der Waals surface area contributed by atoms with Gasteiger partial charge < -0.3 is 13.7 Å². The number of imidazole rings is 1. The fourth-order valence-corrected chi connectivity index (χ4v) is 3.19. The van der Waals surface area contributed by atoms with Crippen molar-refractivity contribution in [2.45, 2.75) is 17.3 Å². The Morgan fingerprint density at radius 3 is 2.82 bits per heavy atom. The number of methoxy groups -OCH3 is 1. The van der Waals surface area contributed by atoms with Gasteiger partial charge in [0.25, 0.3) is 0 Å². The molecule has 0 aliphatic rings. The number of para-hydroxylation sites is 2. The highest BCUT2D eigenvalue weighted by molar-refractivity contribution is 7.99. The van der Waals surface area contributed by atoms with E-state index in [1.807, 2.05) is 38.2 Å². The normalized spacial score (nSPS) is 12.5. The minimum absolute atomic E-state index is 0.0360. The molecule has 0 bridgehead atoms. The number of aryl methyl sites for hydroxylation is 1. The Morgan fingerprint density at radius 2 is 2.09 bits per heavy atom. The molecule has 0 aliphatic heterocycles. The lowest BCUT2D eigenvalue weighted by atomic mass is 10.3. The number of carbonyl (C=O) groups excluding carboxylic acids is 1. The molecule has 1 unspecified atom stereocenters. The van der Waals surface area contributed by atoms with Gasteiger partial charge in [0.15, 0.2) is 5.16 Å². The van der Waals surface area contributed by atoms with E-state index in [1.165, 1.54) is 7.11 Å². The van der Waals surface area contributed by atoms with Crippen molar-refractivity contribution in [2.24, 2.45) is 7.05 Å². The fraction of sp³-hybridized carbons (Fsp3) is 0.250. The van der Waals surface area contributed by atoms with Crippen molar-refractivity contribution < 1.29 is 13.9 Å². The van der Waals surface area contributed by atoms with Gasteiger partial charge in [-0.3, -0.25) is 0 Å². The van der Waals surface area contributed by atoms with Crippen molar-refractivity contribution >= 4 is 28.8 Å². The zero-order chi connectivity index (χ0) is 15.7. The van der Waals surface area contributed by atoms with Crippen molar-refractivity contribution in [1.29, 1.82) is 0 Å². The van der Waals surface area contributed by atoms with E-state index in [0.717, 1.165) is 22.0 Å². The molecule has 3 aromatic rings. The van der Waals surface area contributed by atoms with Crippen LogP contribution in [-0.2, 0) is 11.8 Å². The lowest BCUT2D eigenvalue weighted by molar-refractivity contribution is 0.0563. The van der Waals surface area contributed by atoms with Crippen molar-refractivity contribution in [1.82, 2.24) is 9.55 Å². The summed E-state index contributed by atoms with van der Waals surface area (Å²) >= 11 is 1.59. The van der Waals surface area contributed by atoms with Crippen LogP contribution in [0.25, 0.3) is 11.0 Å². The molecule has 0 aliphatic carbocycles. The van der Waals surface area contributed by atoms with Crippen LogP contribution in [0.2, 0.25) is 0 Å². The first-order valence-corrected chi connectivity index (χ1v) is 7.74. The molecule has 5 nitrogen and oxygen atoms in total. The third kappa shape index (κ3) is 2.62. The van der Waals surface area contributed by atoms with Crippen molar-refractivity contribution in [2.75, 3.05) is 7.11 Å². The molecule has 0 amide bonds. The summed E-state index contributed by atoms with van der Waals surface area (Å²) in [5.74, 6) is 0.471. The Balaban J connectivity index is 1.83. The van der Waals surface area contributed by atoms with Crippen LogP contribution in [0.3, 0.4) is 0 Å². The molecule has 6 heteroatoms. The van der Waals surface area contributed by atoms with Crippen LogP contribution in [-0.4, -0.2) is 22.6 Å². The average Bonchev–Trinajstić information content (AvgIpc) is 3.13. The number of hydrogen-bond donors (Lipinski definition) is 0. The molecule has 114 valence electrons. The maximum atomic E-state index is 11.4. The van der Waals surface area contributed by atoms with Gasteiger partial charge in [0.2, 0.25) is 5.76 Å². The largest absolute Gasteiger partial charge is 0.463 e. The number of fused-ring (bicyclic) bond motifs is 1. The summed E-state index contributed by atoms with van der Waals surface area (Å²) < 4.78 is 12.3. The second kappa shape index (κ2) is 5.88. The number of rotatable bonds is 4. The Morgan fingerprint density at radius 1 is 1.32 bits per heavy atom. The molecule has 0 N–H and O–H groups in total. The van der Waals surface area contributed by atoms with E-state index in [-0.39, 0.29) is 11.0 Å². The van der Waals surface area contributed by atoms with Crippen molar-refractivity contribution in [3.63, 3.8) is 0 Å². The number of esters is 1. The Bertz CT molecular complexity index is 822. The first-order valence-electron chi connectivity index (χ1n) is 6.86. The smallest absolute Gasteiger partial charge is 0.373 e. The molecule has 2 aromatic heterocycles. The molecule has 2 heterocycles. The summed E-state index contributed by atoms with van der Waals surface area (Å²) in [5, 5.41) is 0.943. The van der Waals surface area contributed by atoms with Crippen LogP contribution >= 0.6 is 11.8 Å². The monoisotopic (exact) mass is 316 g/mol. The predicted molar refractivity (Wildman–Crippen MR) is 85.0 cm³/mol. The van der Waals surface area contributed by atoms with E-state index >= 15 is 0 Å². The second-order valence-corrected chi connectivity index (χ2v) is 6.20. The summed E-state index contributed by atoms with van der Waals surface area (Å²) in [5.41, 5.74) is 2.06. The molecule has 1 atom stereocenters. The first-order chi connectivity index (χ1) is 10.6. The van der Waals surface area contributed by atoms with Gasteiger partial charge in [-0.05, 0) is 31.2 Å². The van der Waals surface area contributed by atoms with Crippen molar-refractivity contribution in [3.05, 3.63) is 47.9 Å². The fourth-order valence-electron chi connectivity index (χ4n) is 2.23. The second-order valence-electron chi connectivity index (χ2n) is 4.90. The number of thioether (sulfide) groups is 1. The zero-order valence-corrected chi connectivity index (χ0v) is 13.4. The Labute approximate surface area is 132 Å². The highest BCUT2D eigenvalue weighted by atomic mass is 32.2. The van der Waals surface area contributed by atoms with Gasteiger partial charge in [-0.2, -0.15) is 0 Å². The summed E-state index contributed by atoms with van der Waals surface area (Å²) in [6.45, 7) is 2.02. The van der Waals surface area contributed by atoms with Gasteiger partial charge in [0.05, 0.1) is 23.4 Å². The van der Waals surface area contributed by atoms with E-state index in [1.54, 1.807) is 23.9 Å². The lowest BCUT2D eigenvalue weighted by Crippen LogP contribution is -1.98. The minimum Gasteiger partial charge on any atom is -0.463 e. The summed E-state index contributed by atoms with van der Waals surface area (Å²) in [4.78, 5) is 16.1. The molecule has 0 radical (unpaired) electrons. The number of carbonyl (C=O) groups is 1. The van der Waals surface area contributed by atoms with Crippen LogP contribution in [0.15, 0.2) is 46.0 Å². The highest BCUT2D eigenvalue weighted by Gasteiger charge is 2.18. The summed E-state index contributed by atoms with van der Waals surface area (Å²) in [6, 6.07) is 11.4. The molecule has 0 spiro atoms. The van der Waals surface area contributed by atoms with Gasteiger partial charge in [-0.1, -0.05) is 23.9 Å². The summed E-state index contributed by atoms with van der Waals surface area (Å²) in [6.07, 6.45) is 0. The highest BCUT2D eigenvalue weighted by Crippen LogP contribution is 2.36. The molecule has 0 saturated carbocycles. The maximum Gasteiger partial charge on any atom is 0.373 e. The van der Waals surface area contributed by atoms with Gasteiger partial charge in [0.1, 0.15) is 5.76 Å². The quantitative estimate of drug-likeness (QED) is 0.541. The molecule has 1 aromatic carbocycles. The van der Waals surface area contributed by atoms with Crippen LogP contribution in [0.5, 0.6) is 0 Å². The number of aromatic nitrogens is 2. The number of hydrogen-bond acceptors (Lipinski definition) is 5. The SMILES string of the molecule is COC(=O)c1ccc(C(C)Sc2nc3ccccc3n2C)o1.